The summed E-state index contributed by atoms with van der Waals surface area (Å²) in [5.41, 5.74) is 1.33. The molecule has 1 aliphatic heterocycles. The molecule has 1 fully saturated rings. The van der Waals surface area contributed by atoms with Crippen LogP contribution in [-0.4, -0.2) is 16.0 Å². The maximum Gasteiger partial charge on any atom is 0.293 e. The lowest BCUT2D eigenvalue weighted by Gasteiger charge is -2.13. The summed E-state index contributed by atoms with van der Waals surface area (Å²) in [6.07, 6.45) is 1.53. The number of carbonyl (C=O) groups excluding carboxylic acids is 2. The van der Waals surface area contributed by atoms with Gasteiger partial charge in [0.05, 0.1) is 11.4 Å². The Hall–Kier alpha value is -1.89. The standard InChI is InChI=1S/C21H11Cl4NO3S/c22-13-2-1-11(17(25)8-13)10-26-20(27)19(30-21(26)28)9-16-3-4-18(29-16)12-5-14(23)7-15(24)6-12/h1-9H,10H2/b19-9-. The first kappa shape index (κ1) is 21.3. The van der Waals surface area contributed by atoms with E-state index in [4.69, 9.17) is 50.8 Å². The number of hydrogen-bond donors (Lipinski definition) is 0. The van der Waals surface area contributed by atoms with Crippen molar-refractivity contribution < 1.29 is 14.0 Å². The van der Waals surface area contributed by atoms with E-state index < -0.39 is 5.91 Å². The van der Waals surface area contributed by atoms with Gasteiger partial charge in [-0.05, 0) is 59.8 Å². The zero-order valence-electron chi connectivity index (χ0n) is 15.0. The predicted octanol–water partition coefficient (Wildman–Crippen LogP) is 7.80. The molecule has 152 valence electrons. The third-order valence-corrected chi connectivity index (χ3v) is 6.20. The van der Waals surface area contributed by atoms with Crippen LogP contribution in [-0.2, 0) is 11.3 Å². The van der Waals surface area contributed by atoms with Crippen LogP contribution in [0.25, 0.3) is 17.4 Å². The van der Waals surface area contributed by atoms with Crippen molar-refractivity contribution in [3.05, 3.63) is 84.9 Å². The minimum Gasteiger partial charge on any atom is -0.457 e. The van der Waals surface area contributed by atoms with Crippen molar-refractivity contribution in [2.45, 2.75) is 6.54 Å². The normalized spacial score (nSPS) is 15.5. The van der Waals surface area contributed by atoms with Gasteiger partial charge in [0.1, 0.15) is 11.5 Å². The van der Waals surface area contributed by atoms with Crippen molar-refractivity contribution in [2.24, 2.45) is 0 Å². The molecule has 0 spiro atoms. The number of furan rings is 1. The Morgan fingerprint density at radius 3 is 2.33 bits per heavy atom. The highest BCUT2D eigenvalue weighted by Crippen LogP contribution is 2.36. The highest BCUT2D eigenvalue weighted by Gasteiger charge is 2.35. The molecule has 9 heteroatoms. The Kier molecular flexibility index (Phi) is 6.19. The van der Waals surface area contributed by atoms with Crippen molar-refractivity contribution in [1.82, 2.24) is 4.90 Å². The molecule has 0 aliphatic carbocycles. The molecule has 1 aromatic heterocycles. The zero-order chi connectivity index (χ0) is 21.4. The Morgan fingerprint density at radius 2 is 1.63 bits per heavy atom. The van der Waals surface area contributed by atoms with E-state index in [1.54, 1.807) is 48.5 Å². The third kappa shape index (κ3) is 4.56. The Morgan fingerprint density at radius 1 is 0.900 bits per heavy atom. The van der Waals surface area contributed by atoms with Gasteiger partial charge in [-0.15, -0.1) is 0 Å². The first-order valence-corrected chi connectivity index (χ1v) is 10.9. The zero-order valence-corrected chi connectivity index (χ0v) is 18.8. The van der Waals surface area contributed by atoms with Gasteiger partial charge in [-0.3, -0.25) is 14.5 Å². The highest BCUT2D eigenvalue weighted by atomic mass is 35.5. The molecule has 0 unspecified atom stereocenters. The Bertz CT molecular complexity index is 1180. The summed E-state index contributed by atoms with van der Waals surface area (Å²) in [6.45, 7) is 0.0580. The fourth-order valence-corrected chi connectivity index (χ4v) is 4.68. The van der Waals surface area contributed by atoms with E-state index in [2.05, 4.69) is 0 Å². The van der Waals surface area contributed by atoms with Crippen LogP contribution < -0.4 is 0 Å². The lowest BCUT2D eigenvalue weighted by atomic mass is 10.2. The van der Waals surface area contributed by atoms with E-state index in [1.165, 1.54) is 6.08 Å². The maximum atomic E-state index is 12.7. The van der Waals surface area contributed by atoms with Gasteiger partial charge >= 0.3 is 0 Å². The summed E-state index contributed by atoms with van der Waals surface area (Å²) in [6, 6.07) is 13.4. The number of rotatable bonds is 4. The molecule has 2 aromatic carbocycles. The van der Waals surface area contributed by atoms with Crippen molar-refractivity contribution in [3.63, 3.8) is 0 Å². The lowest BCUT2D eigenvalue weighted by Crippen LogP contribution is -2.27. The first-order valence-electron chi connectivity index (χ1n) is 8.56. The van der Waals surface area contributed by atoms with Gasteiger partial charge in [-0.2, -0.15) is 0 Å². The number of nitrogens with zero attached hydrogens (tertiary/aromatic N) is 1. The third-order valence-electron chi connectivity index (χ3n) is 4.26. The molecule has 2 amide bonds. The second-order valence-corrected chi connectivity index (χ2v) is 9.07. The van der Waals surface area contributed by atoms with Crippen molar-refractivity contribution >= 4 is 75.4 Å². The topological polar surface area (TPSA) is 50.5 Å². The fraction of sp³-hybridized carbons (Fsp3) is 0.0476. The summed E-state index contributed by atoms with van der Waals surface area (Å²) < 4.78 is 5.79. The van der Waals surface area contributed by atoms with Crippen molar-refractivity contribution in [1.29, 1.82) is 0 Å². The molecule has 0 bridgehead atoms. The molecule has 3 aromatic rings. The van der Waals surface area contributed by atoms with E-state index in [0.717, 1.165) is 16.7 Å². The monoisotopic (exact) mass is 497 g/mol. The quantitative estimate of drug-likeness (QED) is 0.344. The minimum atomic E-state index is -0.417. The summed E-state index contributed by atoms with van der Waals surface area (Å²) in [4.78, 5) is 26.5. The van der Waals surface area contributed by atoms with Crippen LogP contribution in [0.2, 0.25) is 20.1 Å². The number of benzene rings is 2. The van der Waals surface area contributed by atoms with Gasteiger partial charge in [0.15, 0.2) is 0 Å². The second kappa shape index (κ2) is 8.69. The average Bonchev–Trinajstić information content (AvgIpc) is 3.23. The summed E-state index contributed by atoms with van der Waals surface area (Å²) in [5, 5.41) is 1.45. The Labute approximate surface area is 196 Å². The van der Waals surface area contributed by atoms with Crippen LogP contribution in [0.1, 0.15) is 11.3 Å². The number of carbonyl (C=O) groups is 2. The summed E-state index contributed by atoms with van der Waals surface area (Å²) >= 11 is 25.0. The number of amides is 2. The molecule has 4 nitrogen and oxygen atoms in total. The smallest absolute Gasteiger partial charge is 0.293 e. The average molecular weight is 499 g/mol. The van der Waals surface area contributed by atoms with Gasteiger partial charge in [-0.1, -0.05) is 52.5 Å². The van der Waals surface area contributed by atoms with Gasteiger partial charge in [-0.25, -0.2) is 0 Å². The fourth-order valence-electron chi connectivity index (χ4n) is 2.87. The summed E-state index contributed by atoms with van der Waals surface area (Å²) in [5.74, 6) is 0.550. The SMILES string of the molecule is O=C1S/C(=C\c2ccc(-c3cc(Cl)cc(Cl)c3)o2)C(=O)N1Cc1ccc(Cl)cc1Cl. The van der Waals surface area contributed by atoms with Gasteiger partial charge < -0.3 is 4.42 Å². The molecular formula is C21H11Cl4NO3S. The van der Waals surface area contributed by atoms with Crippen LogP contribution in [0.4, 0.5) is 4.79 Å². The van der Waals surface area contributed by atoms with Crippen molar-refractivity contribution in [3.8, 4) is 11.3 Å². The van der Waals surface area contributed by atoms with Crippen LogP contribution in [0, 0.1) is 0 Å². The van der Waals surface area contributed by atoms with Gasteiger partial charge in [0.2, 0.25) is 0 Å². The lowest BCUT2D eigenvalue weighted by molar-refractivity contribution is -0.123. The molecule has 1 saturated heterocycles. The molecule has 0 radical (unpaired) electrons. The van der Waals surface area contributed by atoms with Crippen molar-refractivity contribution in [2.75, 3.05) is 0 Å². The molecule has 30 heavy (non-hydrogen) atoms. The minimum absolute atomic E-state index is 0.0580. The van der Waals surface area contributed by atoms with E-state index in [1.807, 2.05) is 0 Å². The molecule has 0 saturated carbocycles. The molecule has 4 rings (SSSR count). The predicted molar refractivity (Wildman–Crippen MR) is 122 cm³/mol. The summed E-state index contributed by atoms with van der Waals surface area (Å²) in [7, 11) is 0. The van der Waals surface area contributed by atoms with E-state index in [9.17, 15) is 9.59 Å². The largest absolute Gasteiger partial charge is 0.457 e. The number of imide groups is 1. The van der Waals surface area contributed by atoms with Gasteiger partial charge in [0, 0.05) is 31.7 Å². The molecule has 0 N–H and O–H groups in total. The van der Waals surface area contributed by atoms with E-state index in [0.29, 0.717) is 42.7 Å². The molecule has 0 atom stereocenters. The number of hydrogen-bond acceptors (Lipinski definition) is 4. The number of thioether (sulfide) groups is 1. The molecule has 2 heterocycles. The Balaban J connectivity index is 1.56. The van der Waals surface area contributed by atoms with Crippen LogP contribution >= 0.6 is 58.2 Å². The first-order chi connectivity index (χ1) is 14.3. The van der Waals surface area contributed by atoms with E-state index >= 15 is 0 Å². The second-order valence-electron chi connectivity index (χ2n) is 6.36. The van der Waals surface area contributed by atoms with Crippen LogP contribution in [0.15, 0.2) is 57.9 Å². The van der Waals surface area contributed by atoms with Crippen LogP contribution in [0.3, 0.4) is 0 Å². The van der Waals surface area contributed by atoms with Crippen LogP contribution in [0.5, 0.6) is 0 Å². The van der Waals surface area contributed by atoms with E-state index in [-0.39, 0.29) is 16.7 Å². The molecular weight excluding hydrogens is 488 g/mol. The number of halogens is 4. The highest BCUT2D eigenvalue weighted by molar-refractivity contribution is 8.18. The van der Waals surface area contributed by atoms with Gasteiger partial charge in [0.25, 0.3) is 11.1 Å². The maximum absolute atomic E-state index is 12.7. The molecule has 1 aliphatic rings.